The second-order valence-corrected chi connectivity index (χ2v) is 3.88. The summed E-state index contributed by atoms with van der Waals surface area (Å²) in [5.74, 6) is -1.07. The molecule has 1 rings (SSSR count). The highest BCUT2D eigenvalue weighted by molar-refractivity contribution is 6.35. The van der Waals surface area contributed by atoms with Gasteiger partial charge in [0.25, 0.3) is 5.69 Å². The van der Waals surface area contributed by atoms with Gasteiger partial charge in [-0.25, -0.2) is 4.79 Å². The van der Waals surface area contributed by atoms with Gasteiger partial charge in [-0.2, -0.15) is 5.10 Å². The molecule has 0 spiro atoms. The van der Waals surface area contributed by atoms with Crippen molar-refractivity contribution in [2.75, 3.05) is 5.43 Å². The molecule has 0 aliphatic rings. The summed E-state index contributed by atoms with van der Waals surface area (Å²) in [6.07, 6.45) is 2.00. The van der Waals surface area contributed by atoms with E-state index >= 15 is 0 Å². The van der Waals surface area contributed by atoms with Crippen LogP contribution in [0.1, 0.15) is 26.2 Å². The van der Waals surface area contributed by atoms with E-state index < -0.39 is 10.9 Å². The summed E-state index contributed by atoms with van der Waals surface area (Å²) >= 11 is 0. The van der Waals surface area contributed by atoms with Crippen LogP contribution < -0.4 is 5.43 Å². The first-order valence-electron chi connectivity index (χ1n) is 5.85. The average molecular weight is 265 g/mol. The number of carboxylic acids is 1. The Balaban J connectivity index is 2.71. The SMILES string of the molecule is CCCCC(=NNc1ccc([N+](=O)[O-])cc1)C(=O)O. The third-order valence-electron chi connectivity index (χ3n) is 2.41. The van der Waals surface area contributed by atoms with E-state index in [4.69, 9.17) is 5.11 Å². The zero-order valence-corrected chi connectivity index (χ0v) is 10.5. The highest BCUT2D eigenvalue weighted by Gasteiger charge is 2.09. The minimum Gasteiger partial charge on any atom is -0.477 e. The van der Waals surface area contributed by atoms with Gasteiger partial charge in [0.2, 0.25) is 0 Å². The molecule has 7 nitrogen and oxygen atoms in total. The minimum atomic E-state index is -1.07. The fourth-order valence-corrected chi connectivity index (χ4v) is 1.34. The summed E-state index contributed by atoms with van der Waals surface area (Å²) in [4.78, 5) is 20.9. The molecule has 7 heteroatoms. The Kier molecular flexibility index (Phi) is 5.46. The number of nitrogens with zero attached hydrogens (tertiary/aromatic N) is 2. The van der Waals surface area contributed by atoms with E-state index in [1.54, 1.807) is 0 Å². The number of unbranched alkanes of at least 4 members (excludes halogenated alkanes) is 1. The lowest BCUT2D eigenvalue weighted by Crippen LogP contribution is -2.14. The van der Waals surface area contributed by atoms with Gasteiger partial charge in [-0.1, -0.05) is 13.3 Å². The van der Waals surface area contributed by atoms with Crippen LogP contribution in [0, 0.1) is 10.1 Å². The normalized spacial score (nSPS) is 11.1. The zero-order chi connectivity index (χ0) is 14.3. The van der Waals surface area contributed by atoms with Crippen LogP contribution in [0.25, 0.3) is 0 Å². The van der Waals surface area contributed by atoms with Gasteiger partial charge in [-0.15, -0.1) is 0 Å². The largest absolute Gasteiger partial charge is 0.477 e. The molecule has 0 aliphatic carbocycles. The van der Waals surface area contributed by atoms with E-state index in [1.165, 1.54) is 24.3 Å². The predicted molar refractivity (Wildman–Crippen MR) is 71.3 cm³/mol. The van der Waals surface area contributed by atoms with Crippen molar-refractivity contribution < 1.29 is 14.8 Å². The number of hydrogen-bond donors (Lipinski definition) is 2. The summed E-state index contributed by atoms with van der Waals surface area (Å²) in [6, 6.07) is 5.59. The predicted octanol–water partition coefficient (Wildman–Crippen LogP) is 2.64. The third-order valence-corrected chi connectivity index (χ3v) is 2.41. The van der Waals surface area contributed by atoms with Crippen molar-refractivity contribution in [3.05, 3.63) is 34.4 Å². The molecule has 1 aromatic rings. The Bertz CT molecular complexity index is 482. The molecule has 1 aromatic carbocycles. The minimum absolute atomic E-state index is 0.0287. The van der Waals surface area contributed by atoms with Crippen LogP contribution in [0.2, 0.25) is 0 Å². The summed E-state index contributed by atoms with van der Waals surface area (Å²) in [6.45, 7) is 1.96. The van der Waals surface area contributed by atoms with Crippen LogP contribution in [0.5, 0.6) is 0 Å². The number of aliphatic carboxylic acids is 1. The summed E-state index contributed by atoms with van der Waals surface area (Å²) in [7, 11) is 0. The van der Waals surface area contributed by atoms with Crippen molar-refractivity contribution in [3.8, 4) is 0 Å². The van der Waals surface area contributed by atoms with E-state index in [1.807, 2.05) is 6.92 Å². The molecule has 0 amide bonds. The number of nitro benzene ring substituents is 1. The molecule has 0 radical (unpaired) electrons. The lowest BCUT2D eigenvalue weighted by molar-refractivity contribution is -0.384. The first-order chi connectivity index (χ1) is 9.04. The van der Waals surface area contributed by atoms with Crippen LogP contribution in [-0.4, -0.2) is 21.7 Å². The average Bonchev–Trinajstić information content (AvgIpc) is 2.39. The van der Waals surface area contributed by atoms with Crippen LogP contribution in [-0.2, 0) is 4.79 Å². The third kappa shape index (κ3) is 4.74. The fourth-order valence-electron chi connectivity index (χ4n) is 1.34. The second kappa shape index (κ2) is 7.10. The standard InChI is InChI=1S/C12H15N3O4/c1-2-3-4-11(12(16)17)14-13-9-5-7-10(8-6-9)15(18)19/h5-8,13H,2-4H2,1H3,(H,16,17). The Morgan fingerprint density at radius 3 is 2.53 bits per heavy atom. The number of hydrogen-bond acceptors (Lipinski definition) is 5. The molecule has 102 valence electrons. The smallest absolute Gasteiger partial charge is 0.352 e. The van der Waals surface area contributed by atoms with Crippen molar-refractivity contribution in [1.82, 2.24) is 0 Å². The summed E-state index contributed by atoms with van der Waals surface area (Å²) in [5, 5.41) is 23.2. The molecule has 0 atom stereocenters. The number of non-ortho nitro benzene ring substituents is 1. The first kappa shape index (κ1) is 14.6. The van der Waals surface area contributed by atoms with Crippen LogP contribution in [0.4, 0.5) is 11.4 Å². The second-order valence-electron chi connectivity index (χ2n) is 3.88. The van der Waals surface area contributed by atoms with Gasteiger partial charge in [0.05, 0.1) is 10.6 Å². The van der Waals surface area contributed by atoms with E-state index in [0.29, 0.717) is 12.1 Å². The first-order valence-corrected chi connectivity index (χ1v) is 5.85. The number of nitrogens with one attached hydrogen (secondary N) is 1. The highest BCUT2D eigenvalue weighted by Crippen LogP contribution is 2.15. The number of carboxylic acid groups (broad SMARTS) is 1. The van der Waals surface area contributed by atoms with Crippen LogP contribution >= 0.6 is 0 Å². The maximum Gasteiger partial charge on any atom is 0.352 e. The molecule has 0 heterocycles. The molecule has 0 saturated carbocycles. The van der Waals surface area contributed by atoms with Gasteiger partial charge in [-0.3, -0.25) is 15.5 Å². The highest BCUT2D eigenvalue weighted by atomic mass is 16.6. The van der Waals surface area contributed by atoms with Gasteiger partial charge in [0, 0.05) is 12.1 Å². The molecule has 0 fully saturated rings. The molecular weight excluding hydrogens is 250 g/mol. The van der Waals surface area contributed by atoms with Gasteiger partial charge in [0.15, 0.2) is 0 Å². The molecule has 0 saturated heterocycles. The topological polar surface area (TPSA) is 105 Å². The Morgan fingerprint density at radius 2 is 2.05 bits per heavy atom. The van der Waals surface area contributed by atoms with E-state index in [2.05, 4.69) is 10.5 Å². The summed E-state index contributed by atoms with van der Waals surface area (Å²) in [5.41, 5.74) is 3.10. The zero-order valence-electron chi connectivity index (χ0n) is 10.5. The Hall–Kier alpha value is -2.44. The Labute approximate surface area is 110 Å². The molecule has 0 aliphatic heterocycles. The van der Waals surface area contributed by atoms with Crippen molar-refractivity contribution >= 4 is 23.1 Å². The van der Waals surface area contributed by atoms with Crippen LogP contribution in [0.3, 0.4) is 0 Å². The molecule has 0 unspecified atom stereocenters. The number of hydrazone groups is 1. The van der Waals surface area contributed by atoms with E-state index in [9.17, 15) is 14.9 Å². The van der Waals surface area contributed by atoms with Crippen LogP contribution in [0.15, 0.2) is 29.4 Å². The molecule has 0 aromatic heterocycles. The molecular formula is C12H15N3O4. The van der Waals surface area contributed by atoms with E-state index in [0.717, 1.165) is 12.8 Å². The summed E-state index contributed by atoms with van der Waals surface area (Å²) < 4.78 is 0. The van der Waals surface area contributed by atoms with Crippen molar-refractivity contribution in [1.29, 1.82) is 0 Å². The van der Waals surface area contributed by atoms with E-state index in [-0.39, 0.29) is 11.4 Å². The van der Waals surface area contributed by atoms with Crippen molar-refractivity contribution in [2.45, 2.75) is 26.2 Å². The number of rotatable bonds is 7. The monoisotopic (exact) mass is 265 g/mol. The van der Waals surface area contributed by atoms with Gasteiger partial charge in [-0.05, 0) is 25.0 Å². The van der Waals surface area contributed by atoms with Gasteiger partial charge >= 0.3 is 5.97 Å². The lowest BCUT2D eigenvalue weighted by Gasteiger charge is -2.03. The molecule has 2 N–H and O–H groups in total. The van der Waals surface area contributed by atoms with Crippen molar-refractivity contribution in [3.63, 3.8) is 0 Å². The quantitative estimate of drug-likeness (QED) is 0.448. The number of nitro groups is 1. The Morgan fingerprint density at radius 1 is 1.42 bits per heavy atom. The fraction of sp³-hybridized carbons (Fsp3) is 0.333. The maximum absolute atomic E-state index is 10.9. The maximum atomic E-state index is 10.9. The van der Waals surface area contributed by atoms with Gasteiger partial charge < -0.3 is 5.11 Å². The van der Waals surface area contributed by atoms with Crippen molar-refractivity contribution in [2.24, 2.45) is 5.10 Å². The number of carbonyl (C=O) groups is 1. The van der Waals surface area contributed by atoms with Gasteiger partial charge in [0.1, 0.15) is 5.71 Å². The molecule has 19 heavy (non-hydrogen) atoms. The lowest BCUT2D eigenvalue weighted by atomic mass is 10.2. The molecule has 0 bridgehead atoms. The number of benzene rings is 1. The number of anilines is 1.